The first-order valence-corrected chi connectivity index (χ1v) is 6.64. The van der Waals surface area contributed by atoms with E-state index in [2.05, 4.69) is 4.90 Å². The molecule has 1 unspecified atom stereocenters. The van der Waals surface area contributed by atoms with Gasteiger partial charge < -0.3 is 14.4 Å². The lowest BCUT2D eigenvalue weighted by atomic mass is 10.2. The highest BCUT2D eigenvalue weighted by Crippen LogP contribution is 2.22. The number of carbonyl (C=O) groups is 1. The van der Waals surface area contributed by atoms with Crippen molar-refractivity contribution in [1.29, 1.82) is 0 Å². The molecule has 0 saturated carbocycles. The summed E-state index contributed by atoms with van der Waals surface area (Å²) >= 11 is 0. The van der Waals surface area contributed by atoms with Crippen molar-refractivity contribution < 1.29 is 14.3 Å². The molecule has 2 saturated heterocycles. The van der Waals surface area contributed by atoms with Gasteiger partial charge in [-0.05, 0) is 27.2 Å². The van der Waals surface area contributed by atoms with E-state index in [-0.39, 0.29) is 12.1 Å². The molecular formula is C13H24N2O3. The highest BCUT2D eigenvalue weighted by molar-refractivity contribution is 5.68. The summed E-state index contributed by atoms with van der Waals surface area (Å²) in [6.07, 6.45) is 0.797. The maximum atomic E-state index is 12.0. The second kappa shape index (κ2) is 5.05. The van der Waals surface area contributed by atoms with Crippen LogP contribution in [0.15, 0.2) is 0 Å². The van der Waals surface area contributed by atoms with Crippen LogP contribution in [0.5, 0.6) is 0 Å². The van der Waals surface area contributed by atoms with Crippen LogP contribution in [0, 0.1) is 0 Å². The number of hydrogen-bond donors (Lipinski definition) is 0. The van der Waals surface area contributed by atoms with Crippen LogP contribution in [-0.4, -0.2) is 66.9 Å². The molecule has 0 aromatic heterocycles. The summed E-state index contributed by atoms with van der Waals surface area (Å²) in [5, 5.41) is 0. The summed E-state index contributed by atoms with van der Waals surface area (Å²) < 4.78 is 10.6. The van der Waals surface area contributed by atoms with Crippen molar-refractivity contribution >= 4 is 6.09 Å². The van der Waals surface area contributed by atoms with Crippen molar-refractivity contribution in [3.8, 4) is 0 Å². The van der Waals surface area contributed by atoms with Crippen molar-refractivity contribution in [2.24, 2.45) is 0 Å². The summed E-state index contributed by atoms with van der Waals surface area (Å²) in [6.45, 7) is 9.34. The Bertz CT molecular complexity index is 310. The zero-order valence-electron chi connectivity index (χ0n) is 11.8. The van der Waals surface area contributed by atoms with Gasteiger partial charge in [-0.2, -0.15) is 0 Å². The molecule has 0 aromatic carbocycles. The lowest BCUT2D eigenvalue weighted by Crippen LogP contribution is -2.49. The van der Waals surface area contributed by atoms with E-state index in [4.69, 9.17) is 9.47 Å². The molecule has 5 nitrogen and oxygen atoms in total. The van der Waals surface area contributed by atoms with E-state index in [1.807, 2.05) is 27.8 Å². The summed E-state index contributed by atoms with van der Waals surface area (Å²) in [5.41, 5.74) is -0.425. The average molecular weight is 256 g/mol. The van der Waals surface area contributed by atoms with E-state index in [1.165, 1.54) is 0 Å². The standard InChI is InChI=1S/C13H24N2O3/c1-13(2,3)18-12(16)14(4)10-5-6-15(7-10)11-8-17-9-11/h10-11H,5-9H2,1-4H3. The normalized spacial score (nSPS) is 25.9. The van der Waals surface area contributed by atoms with Crippen LogP contribution in [0.3, 0.4) is 0 Å². The van der Waals surface area contributed by atoms with Gasteiger partial charge in [-0.1, -0.05) is 0 Å². The Morgan fingerprint density at radius 3 is 2.56 bits per heavy atom. The van der Waals surface area contributed by atoms with Crippen LogP contribution in [0.2, 0.25) is 0 Å². The number of likely N-dealkylation sites (tertiary alicyclic amines) is 1. The Hall–Kier alpha value is -0.810. The quantitative estimate of drug-likeness (QED) is 0.747. The van der Waals surface area contributed by atoms with Crippen LogP contribution < -0.4 is 0 Å². The third-order valence-corrected chi connectivity index (χ3v) is 3.56. The zero-order valence-corrected chi connectivity index (χ0v) is 11.8. The molecule has 104 valence electrons. The maximum absolute atomic E-state index is 12.0. The number of amides is 1. The number of nitrogens with zero attached hydrogens (tertiary/aromatic N) is 2. The van der Waals surface area contributed by atoms with Gasteiger partial charge in [0.25, 0.3) is 0 Å². The maximum Gasteiger partial charge on any atom is 0.410 e. The van der Waals surface area contributed by atoms with E-state index in [0.717, 1.165) is 32.7 Å². The minimum atomic E-state index is -0.425. The molecule has 0 aliphatic carbocycles. The Balaban J connectivity index is 1.82. The summed E-state index contributed by atoms with van der Waals surface area (Å²) in [6, 6.07) is 0.822. The van der Waals surface area contributed by atoms with Crippen LogP contribution in [0.1, 0.15) is 27.2 Å². The number of hydrogen-bond acceptors (Lipinski definition) is 4. The molecule has 1 atom stereocenters. The highest BCUT2D eigenvalue weighted by atomic mass is 16.6. The third kappa shape index (κ3) is 3.14. The molecule has 2 fully saturated rings. The number of likely N-dealkylation sites (N-methyl/N-ethyl adjacent to an activating group) is 1. The zero-order chi connectivity index (χ0) is 13.3. The molecule has 2 aliphatic heterocycles. The topological polar surface area (TPSA) is 42.0 Å². The summed E-state index contributed by atoms with van der Waals surface area (Å²) in [7, 11) is 1.83. The molecule has 5 heteroatoms. The van der Waals surface area contributed by atoms with Gasteiger partial charge in [-0.25, -0.2) is 4.79 Å². The second-order valence-electron chi connectivity index (χ2n) is 6.22. The summed E-state index contributed by atoms with van der Waals surface area (Å²) in [4.78, 5) is 16.1. The first kappa shape index (κ1) is 13.6. The van der Waals surface area contributed by atoms with Gasteiger partial charge in [0.1, 0.15) is 5.60 Å². The monoisotopic (exact) mass is 256 g/mol. The van der Waals surface area contributed by atoms with E-state index in [0.29, 0.717) is 6.04 Å². The average Bonchev–Trinajstić information content (AvgIpc) is 2.60. The molecule has 2 heterocycles. The predicted octanol–water partition coefficient (Wildman–Crippen LogP) is 1.33. The Morgan fingerprint density at radius 1 is 1.39 bits per heavy atom. The van der Waals surface area contributed by atoms with E-state index in [9.17, 15) is 4.79 Å². The number of ether oxygens (including phenoxy) is 2. The lowest BCUT2D eigenvalue weighted by Gasteiger charge is -2.35. The van der Waals surface area contributed by atoms with Gasteiger partial charge in [-0.15, -0.1) is 0 Å². The van der Waals surface area contributed by atoms with Crippen molar-refractivity contribution in [2.75, 3.05) is 33.4 Å². The Kier molecular flexibility index (Phi) is 3.82. The highest BCUT2D eigenvalue weighted by Gasteiger charge is 2.36. The van der Waals surface area contributed by atoms with E-state index >= 15 is 0 Å². The molecule has 2 aliphatic rings. The van der Waals surface area contributed by atoms with Crippen molar-refractivity contribution in [3.63, 3.8) is 0 Å². The third-order valence-electron chi connectivity index (χ3n) is 3.56. The predicted molar refractivity (Wildman–Crippen MR) is 68.6 cm³/mol. The van der Waals surface area contributed by atoms with Gasteiger partial charge in [0.15, 0.2) is 0 Å². The molecule has 0 radical (unpaired) electrons. The molecule has 2 rings (SSSR count). The molecule has 0 N–H and O–H groups in total. The van der Waals surface area contributed by atoms with E-state index in [1.54, 1.807) is 4.90 Å². The number of rotatable bonds is 2. The van der Waals surface area contributed by atoms with Gasteiger partial charge in [0.2, 0.25) is 0 Å². The molecule has 1 amide bonds. The van der Waals surface area contributed by atoms with Crippen LogP contribution >= 0.6 is 0 Å². The van der Waals surface area contributed by atoms with E-state index < -0.39 is 5.60 Å². The van der Waals surface area contributed by atoms with Crippen molar-refractivity contribution in [1.82, 2.24) is 9.80 Å². The Labute approximate surface area is 109 Å². The molecule has 0 spiro atoms. The lowest BCUT2D eigenvalue weighted by molar-refractivity contribution is -0.0587. The fraction of sp³-hybridized carbons (Fsp3) is 0.923. The van der Waals surface area contributed by atoms with Gasteiger partial charge in [0, 0.05) is 26.2 Å². The van der Waals surface area contributed by atoms with Crippen molar-refractivity contribution in [3.05, 3.63) is 0 Å². The SMILES string of the molecule is CN(C(=O)OC(C)(C)C)C1CCN(C2COC2)C1. The van der Waals surface area contributed by atoms with Crippen molar-refractivity contribution in [2.45, 2.75) is 44.9 Å². The molecule has 0 aromatic rings. The smallest absolute Gasteiger partial charge is 0.410 e. The van der Waals surface area contributed by atoms with Crippen LogP contribution in [0.25, 0.3) is 0 Å². The van der Waals surface area contributed by atoms with Gasteiger partial charge in [0.05, 0.1) is 19.3 Å². The first-order valence-electron chi connectivity index (χ1n) is 6.64. The Morgan fingerprint density at radius 2 is 2.06 bits per heavy atom. The largest absolute Gasteiger partial charge is 0.444 e. The fourth-order valence-electron chi connectivity index (χ4n) is 2.33. The first-order chi connectivity index (χ1) is 8.37. The molecule has 18 heavy (non-hydrogen) atoms. The van der Waals surface area contributed by atoms with Crippen LogP contribution in [0.4, 0.5) is 4.79 Å². The minimum Gasteiger partial charge on any atom is -0.444 e. The fourth-order valence-corrected chi connectivity index (χ4v) is 2.33. The molecule has 0 bridgehead atoms. The summed E-state index contributed by atoms with van der Waals surface area (Å²) in [5.74, 6) is 0. The minimum absolute atomic E-state index is 0.223. The van der Waals surface area contributed by atoms with Gasteiger partial charge in [-0.3, -0.25) is 4.90 Å². The number of carbonyl (C=O) groups excluding carboxylic acids is 1. The van der Waals surface area contributed by atoms with Gasteiger partial charge >= 0.3 is 6.09 Å². The molecular weight excluding hydrogens is 232 g/mol. The second-order valence-corrected chi connectivity index (χ2v) is 6.22. The van der Waals surface area contributed by atoms with Crippen LogP contribution in [-0.2, 0) is 9.47 Å².